The van der Waals surface area contributed by atoms with Crippen LogP contribution in [0.2, 0.25) is 0 Å². The Kier molecular flexibility index (Phi) is 5.19. The first-order chi connectivity index (χ1) is 13.9. The highest BCUT2D eigenvalue weighted by Crippen LogP contribution is 2.36. The summed E-state index contributed by atoms with van der Waals surface area (Å²) in [5, 5.41) is 0.451. The molecule has 8 heteroatoms. The Morgan fingerprint density at radius 2 is 2.17 bits per heavy atom. The van der Waals surface area contributed by atoms with Crippen molar-refractivity contribution in [2.24, 2.45) is 10.7 Å². The summed E-state index contributed by atoms with van der Waals surface area (Å²) in [4.78, 5) is 25.5. The van der Waals surface area contributed by atoms with Gasteiger partial charge in [-0.15, -0.1) is 0 Å². The minimum Gasteiger partial charge on any atom is -0.463 e. The van der Waals surface area contributed by atoms with Crippen molar-refractivity contribution in [3.8, 4) is 11.5 Å². The maximum Gasteiger partial charge on any atom is 0.187 e. The van der Waals surface area contributed by atoms with Gasteiger partial charge >= 0.3 is 0 Å². The van der Waals surface area contributed by atoms with Gasteiger partial charge in [0.15, 0.2) is 16.7 Å². The maximum atomic E-state index is 14.5. The van der Waals surface area contributed by atoms with Crippen molar-refractivity contribution in [3.05, 3.63) is 71.6 Å². The van der Waals surface area contributed by atoms with Crippen LogP contribution in [0.4, 0.5) is 4.39 Å². The predicted octanol–water partition coefficient (Wildman–Crippen LogP) is 3.97. The summed E-state index contributed by atoms with van der Waals surface area (Å²) in [6.45, 7) is 1.86. The van der Waals surface area contributed by atoms with Crippen LogP contribution in [0.3, 0.4) is 0 Å². The number of furan rings is 1. The number of aromatic nitrogens is 2. The summed E-state index contributed by atoms with van der Waals surface area (Å²) < 4.78 is 19.8. The van der Waals surface area contributed by atoms with Gasteiger partial charge < -0.3 is 10.2 Å². The van der Waals surface area contributed by atoms with E-state index in [1.54, 1.807) is 30.5 Å². The third-order valence-electron chi connectivity index (χ3n) is 4.88. The van der Waals surface area contributed by atoms with Crippen molar-refractivity contribution in [1.82, 2.24) is 9.97 Å². The molecule has 3 aromatic rings. The summed E-state index contributed by atoms with van der Waals surface area (Å²) in [6, 6.07) is 8.21. The van der Waals surface area contributed by atoms with Gasteiger partial charge in [-0.05, 0) is 43.2 Å². The number of hydrogen-bond donors (Lipinski definition) is 1. The molecule has 0 fully saturated rings. The molecule has 0 saturated carbocycles. The van der Waals surface area contributed by atoms with Gasteiger partial charge in [-0.2, -0.15) is 0 Å². The van der Waals surface area contributed by atoms with Gasteiger partial charge in [0, 0.05) is 17.7 Å². The number of benzene rings is 1. The molecular formula is C21H19FN4O2S. The second-order valence-corrected chi connectivity index (χ2v) is 8.12. The lowest BCUT2D eigenvalue weighted by Crippen LogP contribution is -2.29. The lowest BCUT2D eigenvalue weighted by molar-refractivity contribution is 0.0987. The van der Waals surface area contributed by atoms with E-state index in [1.165, 1.54) is 30.2 Å². The largest absolute Gasteiger partial charge is 0.463 e. The summed E-state index contributed by atoms with van der Waals surface area (Å²) in [5.74, 6) is 0.799. The van der Waals surface area contributed by atoms with Crippen LogP contribution in [-0.4, -0.2) is 26.7 Å². The number of nitrogens with zero attached hydrogens (tertiary/aromatic N) is 3. The fourth-order valence-corrected chi connectivity index (χ4v) is 4.25. The molecule has 2 aromatic heterocycles. The standard InChI is InChI=1S/C21H19FN4O2S/c1-21(6-8-29-20(23)26-21)14-9-13(4-5-15(14)22)10-18(27)16-11-25-17(12-24-16)19-3-2-7-28-19/h2-5,7,9,11-12H,6,8,10H2,1H3,(H2,23,26)/t21-/m0/s1. The number of aliphatic imine (C=N–C) groups is 1. The van der Waals surface area contributed by atoms with Crippen LogP contribution in [0.1, 0.15) is 35.0 Å². The third kappa shape index (κ3) is 4.07. The Bertz CT molecular complexity index is 1070. The topological polar surface area (TPSA) is 94.4 Å². The molecule has 3 heterocycles. The zero-order chi connectivity index (χ0) is 20.4. The van der Waals surface area contributed by atoms with Crippen molar-refractivity contribution in [2.75, 3.05) is 5.75 Å². The number of carbonyl (C=O) groups excluding carboxylic acids is 1. The van der Waals surface area contributed by atoms with Crippen LogP contribution in [0.25, 0.3) is 11.5 Å². The highest BCUT2D eigenvalue weighted by Gasteiger charge is 2.32. The van der Waals surface area contributed by atoms with Crippen LogP contribution < -0.4 is 5.73 Å². The fourth-order valence-electron chi connectivity index (χ4n) is 3.28. The summed E-state index contributed by atoms with van der Waals surface area (Å²) >= 11 is 1.46. The molecule has 1 aliphatic heterocycles. The number of ketones is 1. The van der Waals surface area contributed by atoms with Crippen LogP contribution in [0.15, 0.2) is 58.4 Å². The third-order valence-corrected chi connectivity index (χ3v) is 5.68. The number of nitrogens with two attached hydrogens (primary N) is 1. The zero-order valence-corrected chi connectivity index (χ0v) is 16.6. The van der Waals surface area contributed by atoms with Gasteiger partial charge in [0.05, 0.1) is 24.2 Å². The second-order valence-electron chi connectivity index (χ2n) is 7.00. The first-order valence-electron chi connectivity index (χ1n) is 9.11. The maximum absolute atomic E-state index is 14.5. The van der Waals surface area contributed by atoms with Gasteiger partial charge in [0.25, 0.3) is 0 Å². The van der Waals surface area contributed by atoms with Gasteiger partial charge in [0.1, 0.15) is 17.2 Å². The number of halogens is 1. The highest BCUT2D eigenvalue weighted by molar-refractivity contribution is 8.13. The Balaban J connectivity index is 1.55. The van der Waals surface area contributed by atoms with E-state index in [0.717, 1.165) is 5.75 Å². The molecule has 1 aliphatic rings. The summed E-state index contributed by atoms with van der Waals surface area (Å²) in [7, 11) is 0. The molecule has 4 rings (SSSR count). The van der Waals surface area contributed by atoms with Gasteiger partial charge in [-0.3, -0.25) is 9.79 Å². The molecule has 0 bridgehead atoms. The lowest BCUT2D eigenvalue weighted by atomic mass is 9.87. The molecule has 2 N–H and O–H groups in total. The van der Waals surface area contributed by atoms with E-state index in [4.69, 9.17) is 10.2 Å². The van der Waals surface area contributed by atoms with E-state index in [9.17, 15) is 9.18 Å². The van der Waals surface area contributed by atoms with E-state index in [-0.39, 0.29) is 23.7 Å². The average Bonchev–Trinajstić information content (AvgIpc) is 3.24. The molecular weight excluding hydrogens is 391 g/mol. The second kappa shape index (κ2) is 7.79. The van der Waals surface area contributed by atoms with Crippen LogP contribution >= 0.6 is 11.8 Å². The van der Waals surface area contributed by atoms with Crippen LogP contribution in [0, 0.1) is 5.82 Å². The molecule has 1 atom stereocenters. The van der Waals surface area contributed by atoms with E-state index in [2.05, 4.69) is 15.0 Å². The normalized spacial score (nSPS) is 19.0. The van der Waals surface area contributed by atoms with Crippen molar-refractivity contribution < 1.29 is 13.6 Å². The van der Waals surface area contributed by atoms with Gasteiger partial charge in [0.2, 0.25) is 0 Å². The summed E-state index contributed by atoms with van der Waals surface area (Å²) in [5.41, 5.74) is 7.06. The van der Waals surface area contributed by atoms with Crippen LogP contribution in [-0.2, 0) is 12.0 Å². The Morgan fingerprint density at radius 1 is 1.31 bits per heavy atom. The number of Topliss-reactive ketones (excluding diaryl/α,β-unsaturated/α-hetero) is 1. The van der Waals surface area contributed by atoms with Crippen LogP contribution in [0.5, 0.6) is 0 Å². The van der Waals surface area contributed by atoms with Gasteiger partial charge in [-0.1, -0.05) is 17.8 Å². The number of carbonyl (C=O) groups is 1. The number of amidine groups is 1. The van der Waals surface area contributed by atoms with E-state index < -0.39 is 5.54 Å². The molecule has 0 radical (unpaired) electrons. The molecule has 148 valence electrons. The molecule has 6 nitrogen and oxygen atoms in total. The molecule has 0 unspecified atom stereocenters. The Morgan fingerprint density at radius 3 is 2.86 bits per heavy atom. The predicted molar refractivity (Wildman–Crippen MR) is 110 cm³/mol. The first kappa shape index (κ1) is 19.3. The number of rotatable bonds is 5. The monoisotopic (exact) mass is 410 g/mol. The van der Waals surface area contributed by atoms with Crippen molar-refractivity contribution in [1.29, 1.82) is 0 Å². The van der Waals surface area contributed by atoms with E-state index in [1.807, 2.05) is 6.92 Å². The smallest absolute Gasteiger partial charge is 0.187 e. The number of thioether (sulfide) groups is 1. The fraction of sp³-hybridized carbons (Fsp3) is 0.238. The molecule has 1 aromatic carbocycles. The molecule has 0 aliphatic carbocycles. The molecule has 0 saturated heterocycles. The van der Waals surface area contributed by atoms with Crippen molar-refractivity contribution in [3.63, 3.8) is 0 Å². The van der Waals surface area contributed by atoms with Gasteiger partial charge in [-0.25, -0.2) is 14.4 Å². The Labute approximate surface area is 171 Å². The van der Waals surface area contributed by atoms with E-state index >= 15 is 0 Å². The SMILES string of the molecule is C[C@@]1(c2cc(CC(=O)c3cnc(-c4ccco4)cn3)ccc2F)CCSC(N)=N1. The number of hydrogen-bond acceptors (Lipinski definition) is 7. The molecule has 0 spiro atoms. The Hall–Kier alpha value is -3.00. The minimum atomic E-state index is -0.733. The molecule has 0 amide bonds. The summed E-state index contributed by atoms with van der Waals surface area (Å²) in [6.07, 6.45) is 5.24. The van der Waals surface area contributed by atoms with E-state index in [0.29, 0.717) is 34.2 Å². The minimum absolute atomic E-state index is 0.0894. The quantitative estimate of drug-likeness (QED) is 0.640. The van der Waals surface area contributed by atoms with Crippen molar-refractivity contribution in [2.45, 2.75) is 25.3 Å². The highest BCUT2D eigenvalue weighted by atomic mass is 32.2. The molecule has 29 heavy (non-hydrogen) atoms. The lowest BCUT2D eigenvalue weighted by Gasteiger charge is -2.30. The average molecular weight is 410 g/mol. The first-order valence-corrected chi connectivity index (χ1v) is 10.1. The van der Waals surface area contributed by atoms with Crippen molar-refractivity contribution >= 4 is 22.7 Å². The zero-order valence-electron chi connectivity index (χ0n) is 15.8.